The zero-order valence-corrected chi connectivity index (χ0v) is 25.0. The molecule has 0 aliphatic rings. The molecular weight excluding hydrogens is 637 g/mol. The monoisotopic (exact) mass is 667 g/mol. The van der Waals surface area contributed by atoms with Crippen LogP contribution in [0.25, 0.3) is 0 Å². The molecule has 0 aliphatic carbocycles. The lowest BCUT2D eigenvalue weighted by atomic mass is 10.0. The zero-order chi connectivity index (χ0) is 28.5. The Balaban J connectivity index is 1.76. The summed E-state index contributed by atoms with van der Waals surface area (Å²) >= 11 is 2.14. The molecule has 0 bridgehead atoms. The third kappa shape index (κ3) is 7.28. The molecule has 4 aromatic carbocycles. The number of hydrogen-bond donors (Lipinski definition) is 1. The molecule has 0 aromatic heterocycles. The first kappa shape index (κ1) is 29.3. The summed E-state index contributed by atoms with van der Waals surface area (Å²) in [5.41, 5.74) is 2.06. The van der Waals surface area contributed by atoms with Gasteiger partial charge in [-0.3, -0.25) is 13.9 Å². The van der Waals surface area contributed by atoms with Crippen LogP contribution in [0.15, 0.2) is 120 Å². The minimum absolute atomic E-state index is 0.0723. The average Bonchev–Trinajstić information content (AvgIpc) is 2.99. The summed E-state index contributed by atoms with van der Waals surface area (Å²) in [4.78, 5) is 28.9. The van der Waals surface area contributed by atoms with E-state index < -0.39 is 28.5 Å². The molecule has 0 saturated carbocycles. The molecule has 0 heterocycles. The van der Waals surface area contributed by atoms with Crippen LogP contribution in [-0.2, 0) is 32.6 Å². The van der Waals surface area contributed by atoms with E-state index in [0.717, 1.165) is 19.0 Å². The van der Waals surface area contributed by atoms with Crippen LogP contribution < -0.4 is 9.62 Å². The van der Waals surface area contributed by atoms with Gasteiger partial charge in [-0.1, -0.05) is 78.9 Å². The molecule has 206 valence electrons. The molecule has 1 N–H and O–H groups in total. The van der Waals surface area contributed by atoms with Gasteiger partial charge in [0.2, 0.25) is 11.8 Å². The van der Waals surface area contributed by atoms with Gasteiger partial charge in [0.05, 0.1) is 10.6 Å². The standard InChI is InChI=1S/C31H30IN3O4S/c1-33-31(37)29(21-24-11-5-2-6-12-24)34(22-25-13-7-3-8-14-25)30(36)23-35(27-19-17-26(32)18-20-27)40(38,39)28-15-9-4-10-16-28/h2-20,29H,21-23H2,1H3,(H,33,37). The summed E-state index contributed by atoms with van der Waals surface area (Å²) in [5, 5.41) is 2.69. The fraction of sp³-hybridized carbons (Fsp3) is 0.161. The van der Waals surface area contributed by atoms with E-state index in [9.17, 15) is 18.0 Å². The number of nitrogens with one attached hydrogen (secondary N) is 1. The molecule has 4 aromatic rings. The number of sulfonamides is 1. The number of benzene rings is 4. The molecule has 40 heavy (non-hydrogen) atoms. The van der Waals surface area contributed by atoms with Gasteiger partial charge in [0.15, 0.2) is 0 Å². The topological polar surface area (TPSA) is 86.8 Å². The SMILES string of the molecule is CNC(=O)C(Cc1ccccc1)N(Cc1ccccc1)C(=O)CN(c1ccc(I)cc1)S(=O)(=O)c1ccccc1. The summed E-state index contributed by atoms with van der Waals surface area (Å²) < 4.78 is 29.8. The van der Waals surface area contributed by atoms with Gasteiger partial charge in [-0.15, -0.1) is 0 Å². The van der Waals surface area contributed by atoms with E-state index in [1.165, 1.54) is 24.1 Å². The zero-order valence-electron chi connectivity index (χ0n) is 22.0. The Bertz CT molecular complexity index is 1520. The van der Waals surface area contributed by atoms with Gasteiger partial charge in [-0.25, -0.2) is 8.42 Å². The van der Waals surface area contributed by atoms with E-state index in [0.29, 0.717) is 5.69 Å². The number of rotatable bonds is 11. The van der Waals surface area contributed by atoms with E-state index in [1.807, 2.05) is 60.7 Å². The highest BCUT2D eigenvalue weighted by Crippen LogP contribution is 2.25. The van der Waals surface area contributed by atoms with Crippen LogP contribution in [0.5, 0.6) is 0 Å². The number of carbonyl (C=O) groups is 2. The van der Waals surface area contributed by atoms with Gasteiger partial charge in [-0.05, 0) is 70.1 Å². The number of likely N-dealkylation sites (N-methyl/N-ethyl adjacent to an activating group) is 1. The average molecular weight is 668 g/mol. The fourth-order valence-electron chi connectivity index (χ4n) is 4.36. The number of carbonyl (C=O) groups excluding carboxylic acids is 2. The first-order chi connectivity index (χ1) is 19.3. The largest absolute Gasteiger partial charge is 0.357 e. The Morgan fingerprint density at radius 3 is 1.85 bits per heavy atom. The van der Waals surface area contributed by atoms with Crippen LogP contribution in [0.2, 0.25) is 0 Å². The number of amides is 2. The number of anilines is 1. The minimum atomic E-state index is -4.10. The maximum absolute atomic E-state index is 14.2. The molecule has 0 fully saturated rings. The van der Waals surface area contributed by atoms with E-state index in [4.69, 9.17) is 0 Å². The molecule has 4 rings (SSSR count). The van der Waals surface area contributed by atoms with Crippen molar-refractivity contribution in [2.45, 2.75) is 23.9 Å². The lowest BCUT2D eigenvalue weighted by molar-refractivity contribution is -0.139. The van der Waals surface area contributed by atoms with Crippen LogP contribution in [0, 0.1) is 3.57 Å². The lowest BCUT2D eigenvalue weighted by Crippen LogP contribution is -2.53. The highest BCUT2D eigenvalue weighted by Gasteiger charge is 2.34. The quantitative estimate of drug-likeness (QED) is 0.232. The lowest BCUT2D eigenvalue weighted by Gasteiger charge is -2.33. The van der Waals surface area contributed by atoms with Crippen LogP contribution >= 0.6 is 22.6 Å². The maximum Gasteiger partial charge on any atom is 0.264 e. The van der Waals surface area contributed by atoms with Crippen molar-refractivity contribution in [3.63, 3.8) is 0 Å². The first-order valence-electron chi connectivity index (χ1n) is 12.7. The third-order valence-corrected chi connectivity index (χ3v) is 8.95. The Kier molecular flexibility index (Phi) is 9.94. The van der Waals surface area contributed by atoms with E-state index >= 15 is 0 Å². The van der Waals surface area contributed by atoms with Gasteiger partial charge >= 0.3 is 0 Å². The van der Waals surface area contributed by atoms with Crippen molar-refractivity contribution in [1.29, 1.82) is 0 Å². The second kappa shape index (κ2) is 13.6. The van der Waals surface area contributed by atoms with Gasteiger partial charge in [0.1, 0.15) is 12.6 Å². The maximum atomic E-state index is 14.2. The van der Waals surface area contributed by atoms with Gasteiger partial charge in [0.25, 0.3) is 10.0 Å². The Hall–Kier alpha value is -3.70. The smallest absolute Gasteiger partial charge is 0.264 e. The molecule has 1 atom stereocenters. The minimum Gasteiger partial charge on any atom is -0.357 e. The summed E-state index contributed by atoms with van der Waals surface area (Å²) in [6, 6.07) is 32.9. The summed E-state index contributed by atoms with van der Waals surface area (Å²) in [5.74, 6) is -0.827. The highest BCUT2D eigenvalue weighted by molar-refractivity contribution is 14.1. The van der Waals surface area contributed by atoms with Crippen molar-refractivity contribution in [2.75, 3.05) is 17.9 Å². The summed E-state index contributed by atoms with van der Waals surface area (Å²) in [7, 11) is -2.56. The molecular formula is C31H30IN3O4S. The normalized spacial score (nSPS) is 11.8. The second-order valence-corrected chi connectivity index (χ2v) is 12.2. The summed E-state index contributed by atoms with van der Waals surface area (Å²) in [6.07, 6.45) is 0.272. The van der Waals surface area contributed by atoms with Crippen molar-refractivity contribution in [3.05, 3.63) is 130 Å². The van der Waals surface area contributed by atoms with Gasteiger partial charge < -0.3 is 10.2 Å². The van der Waals surface area contributed by atoms with Crippen molar-refractivity contribution >= 4 is 50.1 Å². The molecule has 7 nitrogen and oxygen atoms in total. The second-order valence-electron chi connectivity index (χ2n) is 9.13. The summed E-state index contributed by atoms with van der Waals surface area (Å²) in [6.45, 7) is -0.344. The Labute approximate surface area is 249 Å². The van der Waals surface area contributed by atoms with E-state index in [2.05, 4.69) is 27.9 Å². The Morgan fingerprint density at radius 2 is 1.30 bits per heavy atom. The van der Waals surface area contributed by atoms with Crippen molar-refractivity contribution < 1.29 is 18.0 Å². The van der Waals surface area contributed by atoms with Gasteiger partial charge in [-0.2, -0.15) is 0 Å². The number of nitrogens with zero attached hydrogens (tertiary/aromatic N) is 2. The molecule has 0 aliphatic heterocycles. The van der Waals surface area contributed by atoms with Crippen molar-refractivity contribution in [3.8, 4) is 0 Å². The first-order valence-corrected chi connectivity index (χ1v) is 15.2. The van der Waals surface area contributed by atoms with Crippen molar-refractivity contribution in [2.24, 2.45) is 0 Å². The van der Waals surface area contributed by atoms with Crippen LogP contribution in [0.4, 0.5) is 5.69 Å². The fourth-order valence-corrected chi connectivity index (χ4v) is 6.15. The highest BCUT2D eigenvalue weighted by atomic mass is 127. The molecule has 0 spiro atoms. The van der Waals surface area contributed by atoms with Crippen LogP contribution in [-0.4, -0.2) is 44.8 Å². The number of halogens is 1. The molecule has 1 unspecified atom stereocenters. The van der Waals surface area contributed by atoms with Crippen LogP contribution in [0.3, 0.4) is 0 Å². The Morgan fingerprint density at radius 1 is 0.775 bits per heavy atom. The molecule has 0 radical (unpaired) electrons. The third-order valence-electron chi connectivity index (χ3n) is 6.44. The predicted molar refractivity (Wildman–Crippen MR) is 165 cm³/mol. The van der Waals surface area contributed by atoms with Gasteiger partial charge in [0, 0.05) is 23.6 Å². The van der Waals surface area contributed by atoms with E-state index in [-0.39, 0.29) is 23.8 Å². The number of hydrogen-bond acceptors (Lipinski definition) is 4. The van der Waals surface area contributed by atoms with Crippen LogP contribution in [0.1, 0.15) is 11.1 Å². The molecule has 2 amide bonds. The molecule has 0 saturated heterocycles. The van der Waals surface area contributed by atoms with Crippen molar-refractivity contribution in [1.82, 2.24) is 10.2 Å². The predicted octanol–water partition coefficient (Wildman–Crippen LogP) is 4.87. The van der Waals surface area contributed by atoms with E-state index in [1.54, 1.807) is 42.5 Å². The molecule has 9 heteroatoms.